The molecular formula is C27H20N4O3. The van der Waals surface area contributed by atoms with Crippen molar-refractivity contribution < 1.29 is 14.1 Å². The summed E-state index contributed by atoms with van der Waals surface area (Å²) in [6.45, 7) is 0.464. The summed E-state index contributed by atoms with van der Waals surface area (Å²) in [4.78, 5) is 21.4. The van der Waals surface area contributed by atoms with Crippen molar-refractivity contribution in [1.82, 2.24) is 15.1 Å². The van der Waals surface area contributed by atoms with Crippen LogP contribution in [-0.4, -0.2) is 21.0 Å². The standard InChI is InChI=1S/C27H20N4O3/c32-26(21-10-12-22(13-11-21)33-18-19-6-2-1-3-7-19)29-24-9-5-4-8-23(24)27-30-25(31-34-27)20-14-16-28-17-15-20/h1-17H,18H2,(H,29,32). The number of nitrogens with one attached hydrogen (secondary N) is 1. The summed E-state index contributed by atoms with van der Waals surface area (Å²) >= 11 is 0. The third kappa shape index (κ3) is 4.83. The molecule has 5 aromatic rings. The number of hydrogen-bond donors (Lipinski definition) is 1. The van der Waals surface area contributed by atoms with Crippen molar-refractivity contribution in [1.29, 1.82) is 0 Å². The maximum Gasteiger partial charge on any atom is 0.260 e. The number of para-hydroxylation sites is 1. The molecule has 7 nitrogen and oxygen atoms in total. The molecule has 2 heterocycles. The molecule has 166 valence electrons. The van der Waals surface area contributed by atoms with E-state index < -0.39 is 0 Å². The van der Waals surface area contributed by atoms with Crippen LogP contribution in [0.15, 0.2) is 108 Å². The Morgan fingerprint density at radius 3 is 2.38 bits per heavy atom. The molecule has 34 heavy (non-hydrogen) atoms. The molecule has 0 bridgehead atoms. The largest absolute Gasteiger partial charge is 0.489 e. The maximum absolute atomic E-state index is 12.9. The van der Waals surface area contributed by atoms with E-state index in [-0.39, 0.29) is 5.91 Å². The predicted octanol–water partition coefficient (Wildman–Crippen LogP) is 5.63. The second kappa shape index (κ2) is 9.79. The first-order valence-electron chi connectivity index (χ1n) is 10.7. The number of anilines is 1. The van der Waals surface area contributed by atoms with Gasteiger partial charge in [0.15, 0.2) is 0 Å². The molecule has 0 atom stereocenters. The van der Waals surface area contributed by atoms with Crippen LogP contribution >= 0.6 is 0 Å². The monoisotopic (exact) mass is 448 g/mol. The molecule has 0 aliphatic heterocycles. The number of hydrogen-bond acceptors (Lipinski definition) is 6. The van der Waals surface area contributed by atoms with Gasteiger partial charge in [-0.15, -0.1) is 0 Å². The summed E-state index contributed by atoms with van der Waals surface area (Å²) in [6, 6.07) is 27.8. The van der Waals surface area contributed by atoms with E-state index in [9.17, 15) is 4.79 Å². The number of benzene rings is 3. The van der Waals surface area contributed by atoms with Crippen LogP contribution in [0.1, 0.15) is 15.9 Å². The second-order valence-corrected chi connectivity index (χ2v) is 7.46. The number of carbonyl (C=O) groups is 1. The minimum Gasteiger partial charge on any atom is -0.489 e. The van der Waals surface area contributed by atoms with Crippen molar-refractivity contribution in [2.75, 3.05) is 5.32 Å². The van der Waals surface area contributed by atoms with E-state index in [2.05, 4.69) is 20.4 Å². The Bertz CT molecular complexity index is 1380. The first-order valence-corrected chi connectivity index (χ1v) is 10.7. The number of amides is 1. The number of ether oxygens (including phenoxy) is 1. The van der Waals surface area contributed by atoms with Crippen LogP contribution in [0.2, 0.25) is 0 Å². The Morgan fingerprint density at radius 2 is 1.59 bits per heavy atom. The van der Waals surface area contributed by atoms with E-state index in [4.69, 9.17) is 9.26 Å². The highest BCUT2D eigenvalue weighted by Gasteiger charge is 2.16. The minimum atomic E-state index is -0.254. The zero-order chi connectivity index (χ0) is 23.2. The van der Waals surface area contributed by atoms with Gasteiger partial charge in [0, 0.05) is 23.5 Å². The Balaban J connectivity index is 1.29. The number of aromatic nitrogens is 3. The molecule has 0 aliphatic carbocycles. The van der Waals surface area contributed by atoms with Crippen LogP contribution in [0.5, 0.6) is 5.75 Å². The van der Waals surface area contributed by atoms with Gasteiger partial charge in [-0.25, -0.2) is 0 Å². The lowest BCUT2D eigenvalue weighted by Crippen LogP contribution is -2.12. The predicted molar refractivity (Wildman–Crippen MR) is 128 cm³/mol. The molecule has 1 amide bonds. The van der Waals surface area contributed by atoms with Crippen LogP contribution in [0.4, 0.5) is 5.69 Å². The van der Waals surface area contributed by atoms with Gasteiger partial charge >= 0.3 is 0 Å². The lowest BCUT2D eigenvalue weighted by atomic mass is 10.1. The number of pyridine rings is 1. The number of carbonyl (C=O) groups excluding carboxylic acids is 1. The second-order valence-electron chi connectivity index (χ2n) is 7.46. The summed E-state index contributed by atoms with van der Waals surface area (Å²) in [6.07, 6.45) is 3.33. The Labute approximate surface area is 196 Å². The first kappa shape index (κ1) is 21.1. The zero-order valence-electron chi connectivity index (χ0n) is 18.1. The van der Waals surface area contributed by atoms with Crippen LogP contribution in [-0.2, 0) is 6.61 Å². The molecule has 1 N–H and O–H groups in total. The van der Waals surface area contributed by atoms with Gasteiger partial charge in [0.1, 0.15) is 12.4 Å². The average molecular weight is 448 g/mol. The number of nitrogens with zero attached hydrogens (tertiary/aromatic N) is 3. The summed E-state index contributed by atoms with van der Waals surface area (Å²) in [5.41, 5.74) is 3.58. The Kier molecular flexibility index (Phi) is 6.07. The average Bonchev–Trinajstić information content (AvgIpc) is 3.39. The van der Waals surface area contributed by atoms with Crippen LogP contribution in [0.25, 0.3) is 22.8 Å². The van der Waals surface area contributed by atoms with Crippen LogP contribution < -0.4 is 10.1 Å². The summed E-state index contributed by atoms with van der Waals surface area (Å²) in [5.74, 6) is 1.20. The highest BCUT2D eigenvalue weighted by molar-refractivity contribution is 6.06. The van der Waals surface area contributed by atoms with Crippen LogP contribution in [0, 0.1) is 0 Å². The molecule has 5 rings (SSSR count). The van der Waals surface area contributed by atoms with Crippen molar-refractivity contribution in [2.45, 2.75) is 6.61 Å². The van der Waals surface area contributed by atoms with Crippen molar-refractivity contribution in [3.63, 3.8) is 0 Å². The first-order chi connectivity index (χ1) is 16.8. The van der Waals surface area contributed by atoms with E-state index >= 15 is 0 Å². The Hall–Kier alpha value is -4.78. The topological polar surface area (TPSA) is 90.1 Å². The fourth-order valence-electron chi connectivity index (χ4n) is 3.37. The maximum atomic E-state index is 12.9. The third-order valence-corrected chi connectivity index (χ3v) is 5.14. The Morgan fingerprint density at radius 1 is 0.853 bits per heavy atom. The SMILES string of the molecule is O=C(Nc1ccccc1-c1nc(-c2ccncc2)no1)c1ccc(OCc2ccccc2)cc1. The van der Waals surface area contributed by atoms with Gasteiger partial charge in [0.25, 0.3) is 11.8 Å². The summed E-state index contributed by atoms with van der Waals surface area (Å²) in [5, 5.41) is 6.98. The minimum absolute atomic E-state index is 0.254. The quantitative estimate of drug-likeness (QED) is 0.347. The normalized spacial score (nSPS) is 10.6. The van der Waals surface area contributed by atoms with Crippen molar-refractivity contribution in [3.8, 4) is 28.6 Å². The van der Waals surface area contributed by atoms with Gasteiger partial charge < -0.3 is 14.6 Å². The molecule has 3 aromatic carbocycles. The highest BCUT2D eigenvalue weighted by atomic mass is 16.5. The molecule has 7 heteroatoms. The molecule has 0 fully saturated rings. The molecule has 0 aliphatic rings. The van der Waals surface area contributed by atoms with E-state index in [1.807, 2.05) is 48.5 Å². The van der Waals surface area contributed by atoms with E-state index in [1.165, 1.54) is 0 Å². The highest BCUT2D eigenvalue weighted by Crippen LogP contribution is 2.29. The van der Waals surface area contributed by atoms with Gasteiger partial charge in [0.05, 0.1) is 11.3 Å². The van der Waals surface area contributed by atoms with Gasteiger partial charge in [-0.1, -0.05) is 47.6 Å². The molecule has 2 aromatic heterocycles. The molecular weight excluding hydrogens is 428 g/mol. The van der Waals surface area contributed by atoms with Crippen molar-refractivity contribution in [2.24, 2.45) is 0 Å². The smallest absolute Gasteiger partial charge is 0.260 e. The van der Waals surface area contributed by atoms with Crippen molar-refractivity contribution >= 4 is 11.6 Å². The summed E-state index contributed by atoms with van der Waals surface area (Å²) < 4.78 is 11.3. The molecule has 0 unspecified atom stereocenters. The van der Waals surface area contributed by atoms with Gasteiger partial charge in [-0.2, -0.15) is 4.98 Å². The fourth-order valence-corrected chi connectivity index (χ4v) is 3.37. The van der Waals surface area contributed by atoms with Gasteiger partial charge in [0.2, 0.25) is 5.82 Å². The lowest BCUT2D eigenvalue weighted by molar-refractivity contribution is 0.102. The van der Waals surface area contributed by atoms with E-state index in [0.29, 0.717) is 40.9 Å². The van der Waals surface area contributed by atoms with Crippen molar-refractivity contribution in [3.05, 3.63) is 115 Å². The van der Waals surface area contributed by atoms with Gasteiger partial charge in [-0.05, 0) is 54.1 Å². The fraction of sp³-hybridized carbons (Fsp3) is 0.0370. The molecule has 0 saturated heterocycles. The number of rotatable bonds is 7. The summed E-state index contributed by atoms with van der Waals surface area (Å²) in [7, 11) is 0. The zero-order valence-corrected chi connectivity index (χ0v) is 18.1. The molecule has 0 spiro atoms. The van der Waals surface area contributed by atoms with Gasteiger partial charge in [-0.3, -0.25) is 9.78 Å². The van der Waals surface area contributed by atoms with E-state index in [0.717, 1.165) is 11.1 Å². The van der Waals surface area contributed by atoms with Crippen LogP contribution in [0.3, 0.4) is 0 Å². The molecule has 0 saturated carbocycles. The third-order valence-electron chi connectivity index (χ3n) is 5.14. The molecule has 0 radical (unpaired) electrons. The lowest BCUT2D eigenvalue weighted by Gasteiger charge is -2.10. The van der Waals surface area contributed by atoms with E-state index in [1.54, 1.807) is 54.9 Å².